The number of carbonyl (C=O) groups excluding carboxylic acids is 1. The van der Waals surface area contributed by atoms with Gasteiger partial charge in [-0.2, -0.15) is 5.10 Å². The topological polar surface area (TPSA) is 72.7 Å². The van der Waals surface area contributed by atoms with Crippen LogP contribution in [-0.4, -0.2) is 25.7 Å². The Bertz CT molecular complexity index is 846. The van der Waals surface area contributed by atoms with Crippen LogP contribution in [-0.2, 0) is 11.3 Å². The smallest absolute Gasteiger partial charge is 0.230 e. The summed E-state index contributed by atoms with van der Waals surface area (Å²) in [6, 6.07) is 4.84. The van der Waals surface area contributed by atoms with E-state index in [2.05, 4.69) is 20.4 Å². The number of carbonyl (C=O) groups is 1. The van der Waals surface area contributed by atoms with Crippen LogP contribution < -0.4 is 5.32 Å². The van der Waals surface area contributed by atoms with E-state index in [9.17, 15) is 9.18 Å². The molecule has 1 atom stereocenters. The molecule has 3 aromatic rings. The molecule has 0 fully saturated rings. The van der Waals surface area contributed by atoms with E-state index >= 15 is 0 Å². The van der Waals surface area contributed by atoms with Crippen molar-refractivity contribution in [2.24, 2.45) is 5.92 Å². The van der Waals surface area contributed by atoms with E-state index in [-0.39, 0.29) is 17.6 Å². The van der Waals surface area contributed by atoms with E-state index in [1.165, 1.54) is 23.7 Å². The van der Waals surface area contributed by atoms with Gasteiger partial charge in [0.1, 0.15) is 18.5 Å². The van der Waals surface area contributed by atoms with Crippen molar-refractivity contribution >= 4 is 22.4 Å². The van der Waals surface area contributed by atoms with E-state index in [1.54, 1.807) is 30.1 Å². The van der Waals surface area contributed by atoms with Crippen LogP contribution in [0.2, 0.25) is 0 Å². The van der Waals surface area contributed by atoms with Gasteiger partial charge in [0, 0.05) is 10.9 Å². The molecule has 24 heavy (non-hydrogen) atoms. The predicted molar refractivity (Wildman–Crippen MR) is 90.1 cm³/mol. The number of hydrogen-bond donors (Lipinski definition) is 1. The quantitative estimate of drug-likeness (QED) is 0.771. The molecule has 2 aromatic heterocycles. The molecule has 0 spiro atoms. The summed E-state index contributed by atoms with van der Waals surface area (Å²) in [5, 5.41) is 9.14. The standard InChI is InChI=1S/C16H16FN5OS/c1-10-5-12(3-4-13(10)17)14-7-24-16(20-14)21-15(23)11(2)6-22-9-18-8-19-22/h3-5,7-9,11H,6H2,1-2H3,(H,20,21,23). The maximum absolute atomic E-state index is 13.3. The number of hydrogen-bond acceptors (Lipinski definition) is 5. The van der Waals surface area contributed by atoms with E-state index in [1.807, 2.05) is 12.3 Å². The number of aromatic nitrogens is 4. The first-order chi connectivity index (χ1) is 11.5. The maximum Gasteiger partial charge on any atom is 0.230 e. The monoisotopic (exact) mass is 345 g/mol. The largest absolute Gasteiger partial charge is 0.302 e. The van der Waals surface area contributed by atoms with Crippen molar-refractivity contribution in [3.8, 4) is 11.3 Å². The van der Waals surface area contributed by atoms with Crippen LogP contribution in [0.1, 0.15) is 12.5 Å². The minimum Gasteiger partial charge on any atom is -0.302 e. The lowest BCUT2D eigenvalue weighted by molar-refractivity contribution is -0.119. The fraction of sp³-hybridized carbons (Fsp3) is 0.250. The molecule has 0 aliphatic rings. The minimum atomic E-state index is -0.271. The van der Waals surface area contributed by atoms with E-state index < -0.39 is 0 Å². The molecule has 3 rings (SSSR count). The van der Waals surface area contributed by atoms with E-state index in [0.29, 0.717) is 22.9 Å². The fourth-order valence-corrected chi connectivity index (χ4v) is 2.91. The van der Waals surface area contributed by atoms with Crippen molar-refractivity contribution < 1.29 is 9.18 Å². The Morgan fingerprint density at radius 2 is 2.29 bits per heavy atom. The summed E-state index contributed by atoms with van der Waals surface area (Å²) in [6.45, 7) is 3.97. The molecule has 6 nitrogen and oxygen atoms in total. The lowest BCUT2D eigenvalue weighted by atomic mass is 10.1. The zero-order valence-electron chi connectivity index (χ0n) is 13.2. The molecule has 0 saturated carbocycles. The molecule has 2 heterocycles. The Labute approximate surface area is 142 Å². The predicted octanol–water partition coefficient (Wildman–Crippen LogP) is 3.12. The number of nitrogens with one attached hydrogen (secondary N) is 1. The fourth-order valence-electron chi connectivity index (χ4n) is 2.19. The van der Waals surface area contributed by atoms with Crippen molar-refractivity contribution in [1.82, 2.24) is 19.7 Å². The van der Waals surface area contributed by atoms with Gasteiger partial charge in [-0.25, -0.2) is 14.4 Å². The third-order valence-corrected chi connectivity index (χ3v) is 4.32. The van der Waals surface area contributed by atoms with Gasteiger partial charge >= 0.3 is 0 Å². The Morgan fingerprint density at radius 3 is 3.00 bits per heavy atom. The SMILES string of the molecule is Cc1cc(-c2csc(NC(=O)C(C)Cn3cncn3)n2)ccc1F. The Balaban J connectivity index is 1.67. The molecule has 1 amide bonds. The molecule has 0 bridgehead atoms. The Kier molecular flexibility index (Phi) is 4.66. The summed E-state index contributed by atoms with van der Waals surface area (Å²) in [7, 11) is 0. The summed E-state index contributed by atoms with van der Waals surface area (Å²) in [6.07, 6.45) is 3.00. The summed E-state index contributed by atoms with van der Waals surface area (Å²) < 4.78 is 15.0. The van der Waals surface area contributed by atoms with Crippen molar-refractivity contribution in [2.75, 3.05) is 5.32 Å². The number of thiazole rings is 1. The second-order valence-electron chi connectivity index (χ2n) is 5.51. The van der Waals surface area contributed by atoms with Gasteiger partial charge < -0.3 is 5.32 Å². The van der Waals surface area contributed by atoms with Gasteiger partial charge in [0.25, 0.3) is 0 Å². The van der Waals surface area contributed by atoms with Gasteiger partial charge in [0.2, 0.25) is 5.91 Å². The van der Waals surface area contributed by atoms with Gasteiger partial charge in [-0.3, -0.25) is 9.48 Å². The molecule has 0 saturated heterocycles. The number of anilines is 1. The highest BCUT2D eigenvalue weighted by atomic mass is 32.1. The molecule has 1 aromatic carbocycles. The van der Waals surface area contributed by atoms with Crippen LogP contribution in [0.15, 0.2) is 36.2 Å². The first kappa shape index (κ1) is 16.3. The van der Waals surface area contributed by atoms with Crippen LogP contribution in [0.5, 0.6) is 0 Å². The van der Waals surface area contributed by atoms with Gasteiger partial charge in [-0.15, -0.1) is 11.3 Å². The van der Waals surface area contributed by atoms with Crippen molar-refractivity contribution in [2.45, 2.75) is 20.4 Å². The van der Waals surface area contributed by atoms with Crippen LogP contribution in [0, 0.1) is 18.7 Å². The molecular weight excluding hydrogens is 329 g/mol. The molecule has 1 unspecified atom stereocenters. The Hall–Kier alpha value is -2.61. The number of nitrogens with zero attached hydrogens (tertiary/aromatic N) is 4. The first-order valence-corrected chi connectivity index (χ1v) is 8.26. The summed E-state index contributed by atoms with van der Waals surface area (Å²) in [5.41, 5.74) is 2.09. The Morgan fingerprint density at radius 1 is 1.46 bits per heavy atom. The molecule has 1 N–H and O–H groups in total. The molecule has 8 heteroatoms. The maximum atomic E-state index is 13.3. The zero-order valence-corrected chi connectivity index (χ0v) is 14.0. The van der Waals surface area contributed by atoms with Crippen LogP contribution in [0.3, 0.4) is 0 Å². The highest BCUT2D eigenvalue weighted by Crippen LogP contribution is 2.26. The second-order valence-corrected chi connectivity index (χ2v) is 6.37. The highest BCUT2D eigenvalue weighted by molar-refractivity contribution is 7.14. The molecule has 124 valence electrons. The summed E-state index contributed by atoms with van der Waals surface area (Å²) >= 11 is 1.34. The minimum absolute atomic E-state index is 0.137. The molecule has 0 aliphatic heterocycles. The number of rotatable bonds is 5. The van der Waals surface area contributed by atoms with E-state index in [0.717, 1.165) is 5.56 Å². The van der Waals surface area contributed by atoms with Crippen molar-refractivity contribution in [3.63, 3.8) is 0 Å². The van der Waals surface area contributed by atoms with Gasteiger partial charge in [-0.05, 0) is 30.7 Å². The van der Waals surface area contributed by atoms with Gasteiger partial charge in [-0.1, -0.05) is 6.92 Å². The molecule has 0 radical (unpaired) electrons. The van der Waals surface area contributed by atoms with Crippen LogP contribution in [0.25, 0.3) is 11.3 Å². The van der Waals surface area contributed by atoms with Crippen LogP contribution in [0.4, 0.5) is 9.52 Å². The summed E-state index contributed by atoms with van der Waals surface area (Å²) in [5.74, 6) is -0.654. The third kappa shape index (κ3) is 3.65. The van der Waals surface area contributed by atoms with Gasteiger partial charge in [0.05, 0.1) is 18.2 Å². The third-order valence-electron chi connectivity index (χ3n) is 3.56. The highest BCUT2D eigenvalue weighted by Gasteiger charge is 2.16. The van der Waals surface area contributed by atoms with Crippen LogP contribution >= 0.6 is 11.3 Å². The summed E-state index contributed by atoms with van der Waals surface area (Å²) in [4.78, 5) is 20.5. The lowest BCUT2D eigenvalue weighted by Gasteiger charge is -2.10. The normalized spacial score (nSPS) is 12.1. The first-order valence-electron chi connectivity index (χ1n) is 7.38. The average Bonchev–Trinajstić information content (AvgIpc) is 3.22. The lowest BCUT2D eigenvalue weighted by Crippen LogP contribution is -2.24. The van der Waals surface area contributed by atoms with Gasteiger partial charge in [0.15, 0.2) is 5.13 Å². The average molecular weight is 345 g/mol. The number of benzene rings is 1. The number of amides is 1. The number of aryl methyl sites for hydroxylation is 1. The zero-order chi connectivity index (χ0) is 17.1. The molecular formula is C16H16FN5OS. The second kappa shape index (κ2) is 6.88. The number of halogens is 1. The van der Waals surface area contributed by atoms with Crippen molar-refractivity contribution in [1.29, 1.82) is 0 Å². The molecule has 0 aliphatic carbocycles. The van der Waals surface area contributed by atoms with Crippen molar-refractivity contribution in [3.05, 3.63) is 47.6 Å². The van der Waals surface area contributed by atoms with E-state index in [4.69, 9.17) is 0 Å².